The monoisotopic (exact) mass is 360 g/mol. The molecule has 0 unspecified atom stereocenters. The predicted molar refractivity (Wildman–Crippen MR) is 108 cm³/mol. The van der Waals surface area contributed by atoms with Crippen LogP contribution in [0.2, 0.25) is 0 Å². The van der Waals surface area contributed by atoms with E-state index in [4.69, 9.17) is 4.74 Å². The van der Waals surface area contributed by atoms with Gasteiger partial charge >= 0.3 is 0 Å². The second-order valence-corrected chi connectivity index (χ2v) is 8.98. The highest BCUT2D eigenvalue weighted by molar-refractivity contribution is 7.98. The summed E-state index contributed by atoms with van der Waals surface area (Å²) in [6.45, 7) is 2.14. The lowest BCUT2D eigenvalue weighted by atomic mass is 10.4. The smallest absolute Gasteiger partial charge is 0.144 e. The van der Waals surface area contributed by atoms with Crippen LogP contribution in [0.1, 0.15) is 6.92 Å². The van der Waals surface area contributed by atoms with Gasteiger partial charge in [0.1, 0.15) is 29.0 Å². The van der Waals surface area contributed by atoms with E-state index < -0.39 is 13.2 Å². The highest BCUT2D eigenvalue weighted by Gasteiger charge is 2.43. The Morgan fingerprint density at radius 3 is 1.54 bits per heavy atom. The molecule has 3 heteroatoms. The van der Waals surface area contributed by atoms with Crippen molar-refractivity contribution in [1.82, 2.24) is 0 Å². The van der Waals surface area contributed by atoms with Gasteiger partial charge in [-0.25, -0.2) is 0 Å². The molecule has 2 nitrogen and oxygen atoms in total. The molecule has 0 aliphatic heterocycles. The third-order valence-electron chi connectivity index (χ3n) is 4.14. The summed E-state index contributed by atoms with van der Waals surface area (Å²) in [6, 6.07) is 31.0. The Morgan fingerprint density at radius 1 is 0.808 bits per heavy atom. The van der Waals surface area contributed by atoms with Gasteiger partial charge in [-0.05, 0) is 43.0 Å². The van der Waals surface area contributed by atoms with E-state index in [0.717, 1.165) is 0 Å². The zero-order valence-electron chi connectivity index (χ0n) is 14.7. The molecule has 0 spiro atoms. The van der Waals surface area contributed by atoms with Crippen LogP contribution in [-0.2, 0) is 4.74 Å². The number of ether oxygens (including phenoxy) is 1. The molecule has 0 aliphatic carbocycles. The van der Waals surface area contributed by atoms with Gasteiger partial charge in [0.25, 0.3) is 0 Å². The molecule has 0 amide bonds. The molecule has 0 N–H and O–H groups in total. The van der Waals surface area contributed by atoms with Crippen LogP contribution < -0.4 is 21.0 Å². The van der Waals surface area contributed by atoms with Gasteiger partial charge in [0, 0.05) is 0 Å². The van der Waals surface area contributed by atoms with Crippen LogP contribution in [0.15, 0.2) is 108 Å². The maximum Gasteiger partial charge on any atom is 0.144 e. The summed E-state index contributed by atoms with van der Waals surface area (Å²) in [6.07, 6.45) is 0. The minimum atomic E-state index is -2.17. The predicted octanol–water partition coefficient (Wildman–Crippen LogP) is 3.33. The molecule has 0 heterocycles. The lowest BCUT2D eigenvalue weighted by Crippen LogP contribution is -2.29. The van der Waals surface area contributed by atoms with Crippen LogP contribution in [-0.4, -0.2) is 6.61 Å². The van der Waals surface area contributed by atoms with E-state index in [1.165, 1.54) is 15.9 Å². The molecule has 3 aromatic rings. The van der Waals surface area contributed by atoms with Crippen LogP contribution in [0, 0.1) is 0 Å². The average molecular weight is 360 g/mol. The molecule has 0 fully saturated rings. The van der Waals surface area contributed by atoms with E-state index >= 15 is 0 Å². The minimum absolute atomic E-state index is 0.340. The summed E-state index contributed by atoms with van der Waals surface area (Å²) in [5.74, 6) is 1.50. The van der Waals surface area contributed by atoms with Gasteiger partial charge in [0.2, 0.25) is 0 Å². The Bertz CT molecular complexity index is 787. The van der Waals surface area contributed by atoms with Crippen LogP contribution in [0.5, 0.6) is 0 Å². The van der Waals surface area contributed by atoms with Gasteiger partial charge in [-0.2, -0.15) is 0 Å². The molecule has 0 saturated carbocycles. The third kappa shape index (κ3) is 3.73. The molecule has 0 saturated heterocycles. The lowest BCUT2D eigenvalue weighted by molar-refractivity contribution is -0.356. The zero-order chi connectivity index (χ0) is 18.2. The number of hydrogen-bond acceptors (Lipinski definition) is 2. The molecular weight excluding hydrogens is 339 g/mol. The Hall–Kier alpha value is -2.79. The summed E-state index contributed by atoms with van der Waals surface area (Å²) in [5, 5.41) is 15.6. The van der Waals surface area contributed by atoms with Gasteiger partial charge < -0.3 is 9.84 Å². The second kappa shape index (κ2) is 8.54. The quantitative estimate of drug-likeness (QED) is 0.384. The number of benzene rings is 3. The van der Waals surface area contributed by atoms with Gasteiger partial charge in [-0.3, -0.25) is 0 Å². The molecule has 0 aliphatic rings. The first-order valence-corrected chi connectivity index (χ1v) is 10.5. The summed E-state index contributed by atoms with van der Waals surface area (Å²) >= 11 is 0. The van der Waals surface area contributed by atoms with E-state index in [9.17, 15) is 5.11 Å². The second-order valence-electron chi connectivity index (χ2n) is 5.72. The number of rotatable bonds is 6. The first-order valence-electron chi connectivity index (χ1n) is 8.60. The molecule has 0 aromatic heterocycles. The summed E-state index contributed by atoms with van der Waals surface area (Å²) in [7, 11) is -2.17. The maximum absolute atomic E-state index is 12.0. The van der Waals surface area contributed by atoms with Crippen LogP contribution in [0.4, 0.5) is 0 Å². The van der Waals surface area contributed by atoms with E-state index in [0.29, 0.717) is 6.61 Å². The number of hydrogen-bond donors (Lipinski definition) is 0. The zero-order valence-corrected chi connectivity index (χ0v) is 15.6. The summed E-state index contributed by atoms with van der Waals surface area (Å²) < 4.78 is 5.08. The highest BCUT2D eigenvalue weighted by Crippen LogP contribution is 2.56. The van der Waals surface area contributed by atoms with Crippen molar-refractivity contribution in [2.75, 3.05) is 6.61 Å². The van der Waals surface area contributed by atoms with Crippen molar-refractivity contribution in [2.24, 2.45) is 0 Å². The largest absolute Gasteiger partial charge is 0.608 e. The minimum Gasteiger partial charge on any atom is -0.608 e. The van der Waals surface area contributed by atoms with E-state index in [1.54, 1.807) is 6.92 Å². The molecule has 130 valence electrons. The van der Waals surface area contributed by atoms with Crippen molar-refractivity contribution >= 4 is 23.2 Å². The summed E-state index contributed by atoms with van der Waals surface area (Å²) in [4.78, 5) is 0. The van der Waals surface area contributed by atoms with Crippen LogP contribution in [0.3, 0.4) is 0 Å². The van der Waals surface area contributed by atoms with Crippen molar-refractivity contribution in [3.05, 3.63) is 108 Å². The Morgan fingerprint density at radius 2 is 1.19 bits per heavy atom. The fourth-order valence-electron chi connectivity index (χ4n) is 2.98. The molecule has 3 aromatic carbocycles. The van der Waals surface area contributed by atoms with E-state index in [2.05, 4.69) is 42.1 Å². The maximum atomic E-state index is 12.0. The van der Waals surface area contributed by atoms with Crippen LogP contribution >= 0.6 is 7.26 Å². The van der Waals surface area contributed by atoms with Crippen molar-refractivity contribution < 1.29 is 9.84 Å². The van der Waals surface area contributed by atoms with Gasteiger partial charge in [-0.1, -0.05) is 67.3 Å². The van der Waals surface area contributed by atoms with Crippen molar-refractivity contribution in [2.45, 2.75) is 6.92 Å². The fraction of sp³-hybridized carbons (Fsp3) is 0.0870. The Kier molecular flexibility index (Phi) is 5.92. The van der Waals surface area contributed by atoms with Gasteiger partial charge in [0.15, 0.2) is 0 Å². The van der Waals surface area contributed by atoms with Gasteiger partial charge in [0.05, 0.1) is 5.95 Å². The lowest BCUT2D eigenvalue weighted by Gasteiger charge is -2.23. The van der Waals surface area contributed by atoms with E-state index in [1.807, 2.05) is 60.4 Å². The van der Waals surface area contributed by atoms with E-state index in [-0.39, 0.29) is 0 Å². The Labute approximate surface area is 155 Å². The molecule has 0 radical (unpaired) electrons. The third-order valence-corrected chi connectivity index (χ3v) is 8.00. The molecular formula is C23H21O2P. The van der Waals surface area contributed by atoms with Gasteiger partial charge in [-0.15, -0.1) is 0 Å². The normalized spacial score (nSPS) is 10.7. The molecule has 3 rings (SSSR count). The van der Waals surface area contributed by atoms with Crippen molar-refractivity contribution in [3.8, 4) is 0 Å². The first kappa shape index (κ1) is 18.0. The first-order chi connectivity index (χ1) is 12.8. The molecule has 0 bridgehead atoms. The highest BCUT2D eigenvalue weighted by atomic mass is 31.2. The summed E-state index contributed by atoms with van der Waals surface area (Å²) in [5.41, 5.74) is 2.88. The average Bonchev–Trinajstić information content (AvgIpc) is 2.71. The Balaban J connectivity index is 2.34. The topological polar surface area (TPSA) is 32.3 Å². The fourth-order valence-corrected chi connectivity index (χ4v) is 6.55. The standard InChI is InChI=1S/C23H21O2P/c1-2-25-23(24)18-19-26(20-12-6-3-7-13-20,21-14-8-4-9-15-21)22-16-10-5-11-17-22/h3-17,19H,2H2,1H3. The van der Waals surface area contributed by atoms with Crippen molar-refractivity contribution in [3.63, 3.8) is 0 Å². The molecule has 0 atom stereocenters. The SMILES string of the molecule is CCOC([O-])=C=C[P+](c1ccccc1)(c1ccccc1)c1ccccc1. The van der Waals surface area contributed by atoms with Crippen molar-refractivity contribution in [1.29, 1.82) is 0 Å². The van der Waals surface area contributed by atoms with Crippen LogP contribution in [0.25, 0.3) is 0 Å². The molecule has 26 heavy (non-hydrogen) atoms.